The molecule has 2 aromatic carbocycles. The maximum atomic E-state index is 12.6. The second-order valence-corrected chi connectivity index (χ2v) is 8.68. The normalized spacial score (nSPS) is 14.9. The molecule has 0 saturated carbocycles. The fraction of sp³-hybridized carbons (Fsp3) is 0.440. The van der Waals surface area contributed by atoms with E-state index in [-0.39, 0.29) is 6.04 Å². The zero-order valence-corrected chi connectivity index (χ0v) is 19.3. The molecule has 2 aromatic rings. The predicted octanol–water partition coefficient (Wildman–Crippen LogP) is 3.57. The highest BCUT2D eigenvalue weighted by Gasteiger charge is 2.25. The van der Waals surface area contributed by atoms with Gasteiger partial charge >= 0.3 is 11.8 Å². The van der Waals surface area contributed by atoms with Crippen molar-refractivity contribution in [2.45, 2.75) is 39.7 Å². The Hall–Kier alpha value is -2.86. The summed E-state index contributed by atoms with van der Waals surface area (Å²) in [4.78, 5) is 29.6. The van der Waals surface area contributed by atoms with Crippen LogP contribution < -0.4 is 15.5 Å². The number of likely N-dealkylation sites (tertiary alicyclic amines) is 1. The van der Waals surface area contributed by atoms with E-state index >= 15 is 0 Å². The average molecular weight is 423 g/mol. The third-order valence-electron chi connectivity index (χ3n) is 5.95. The molecule has 2 amide bonds. The first kappa shape index (κ1) is 22.8. The standard InChI is InChI=1S/C25H34N4O2/c1-17-14-18(2)23(19(3)15-17)27-25(31)24(30)26-16-22(29-12-6-7-13-29)20-8-10-21(11-9-20)28(4)5/h8-11,14-15,22H,6-7,12-13,16H2,1-5H3,(H,26,30)(H,27,31)/t22-/m0/s1. The van der Waals surface area contributed by atoms with Gasteiger partial charge in [-0.3, -0.25) is 14.5 Å². The van der Waals surface area contributed by atoms with Gasteiger partial charge in [0.25, 0.3) is 0 Å². The van der Waals surface area contributed by atoms with E-state index in [9.17, 15) is 9.59 Å². The quantitative estimate of drug-likeness (QED) is 0.699. The Morgan fingerprint density at radius 2 is 1.55 bits per heavy atom. The minimum Gasteiger partial charge on any atom is -0.378 e. The number of hydrogen-bond acceptors (Lipinski definition) is 4. The molecule has 0 aromatic heterocycles. The van der Waals surface area contributed by atoms with E-state index in [1.54, 1.807) is 0 Å². The van der Waals surface area contributed by atoms with Crippen molar-refractivity contribution in [1.82, 2.24) is 10.2 Å². The summed E-state index contributed by atoms with van der Waals surface area (Å²) in [6, 6.07) is 12.5. The van der Waals surface area contributed by atoms with Gasteiger partial charge in [-0.05, 0) is 75.5 Å². The molecule has 6 heteroatoms. The fourth-order valence-electron chi connectivity index (χ4n) is 4.32. The van der Waals surface area contributed by atoms with Crippen LogP contribution in [0.2, 0.25) is 0 Å². The average Bonchev–Trinajstić information content (AvgIpc) is 3.25. The van der Waals surface area contributed by atoms with Crippen molar-refractivity contribution in [2.24, 2.45) is 0 Å². The van der Waals surface area contributed by atoms with Crippen molar-refractivity contribution in [2.75, 3.05) is 43.9 Å². The van der Waals surface area contributed by atoms with Gasteiger partial charge in [0.05, 0.1) is 6.04 Å². The Kier molecular flexibility index (Phi) is 7.33. The molecule has 0 aliphatic carbocycles. The molecule has 166 valence electrons. The number of carbonyl (C=O) groups is 2. The van der Waals surface area contributed by atoms with Gasteiger partial charge in [-0.1, -0.05) is 29.8 Å². The first-order valence-corrected chi connectivity index (χ1v) is 10.9. The molecule has 1 heterocycles. The van der Waals surface area contributed by atoms with Crippen LogP contribution in [0.25, 0.3) is 0 Å². The van der Waals surface area contributed by atoms with Crippen molar-refractivity contribution in [3.05, 3.63) is 58.7 Å². The summed E-state index contributed by atoms with van der Waals surface area (Å²) in [5.41, 5.74) is 6.03. The third kappa shape index (κ3) is 5.64. The molecule has 3 rings (SSSR count). The molecule has 1 atom stereocenters. The topological polar surface area (TPSA) is 64.7 Å². The minimum absolute atomic E-state index is 0.0540. The van der Waals surface area contributed by atoms with Crippen LogP contribution in [0, 0.1) is 20.8 Å². The number of nitrogens with zero attached hydrogens (tertiary/aromatic N) is 2. The van der Waals surface area contributed by atoms with E-state index in [2.05, 4.69) is 44.7 Å². The van der Waals surface area contributed by atoms with Crippen molar-refractivity contribution >= 4 is 23.2 Å². The summed E-state index contributed by atoms with van der Waals surface area (Å²) in [6.07, 6.45) is 2.32. The van der Waals surface area contributed by atoms with Gasteiger partial charge in [0.2, 0.25) is 0 Å². The number of nitrogens with one attached hydrogen (secondary N) is 2. The molecule has 0 spiro atoms. The fourth-order valence-corrected chi connectivity index (χ4v) is 4.32. The van der Waals surface area contributed by atoms with Gasteiger partial charge in [0.1, 0.15) is 0 Å². The summed E-state index contributed by atoms with van der Waals surface area (Å²) in [7, 11) is 4.03. The molecular weight excluding hydrogens is 388 g/mol. The summed E-state index contributed by atoms with van der Waals surface area (Å²) in [5.74, 6) is -1.23. The monoisotopic (exact) mass is 422 g/mol. The third-order valence-corrected chi connectivity index (χ3v) is 5.95. The van der Waals surface area contributed by atoms with Crippen LogP contribution in [0.3, 0.4) is 0 Å². The van der Waals surface area contributed by atoms with Gasteiger partial charge in [0, 0.05) is 32.0 Å². The zero-order valence-electron chi connectivity index (χ0n) is 19.3. The van der Waals surface area contributed by atoms with Gasteiger partial charge in [0.15, 0.2) is 0 Å². The van der Waals surface area contributed by atoms with Crippen LogP contribution in [0.15, 0.2) is 36.4 Å². The number of aryl methyl sites for hydroxylation is 3. The van der Waals surface area contributed by atoms with Gasteiger partial charge in [-0.15, -0.1) is 0 Å². The molecule has 1 saturated heterocycles. The van der Waals surface area contributed by atoms with Crippen molar-refractivity contribution in [3.63, 3.8) is 0 Å². The first-order valence-electron chi connectivity index (χ1n) is 10.9. The van der Waals surface area contributed by atoms with Crippen LogP contribution in [0.4, 0.5) is 11.4 Å². The first-order chi connectivity index (χ1) is 14.8. The summed E-state index contributed by atoms with van der Waals surface area (Å²) in [5, 5.41) is 5.65. The highest BCUT2D eigenvalue weighted by atomic mass is 16.2. The van der Waals surface area contributed by atoms with Crippen LogP contribution in [-0.4, -0.2) is 50.4 Å². The predicted molar refractivity (Wildman–Crippen MR) is 127 cm³/mol. The van der Waals surface area contributed by atoms with Crippen LogP contribution in [0.5, 0.6) is 0 Å². The molecular formula is C25H34N4O2. The van der Waals surface area contributed by atoms with E-state index in [0.717, 1.165) is 53.9 Å². The van der Waals surface area contributed by atoms with Gasteiger partial charge < -0.3 is 15.5 Å². The number of hydrogen-bond donors (Lipinski definition) is 2. The highest BCUT2D eigenvalue weighted by Crippen LogP contribution is 2.26. The number of carbonyl (C=O) groups excluding carboxylic acids is 2. The molecule has 2 N–H and O–H groups in total. The molecule has 31 heavy (non-hydrogen) atoms. The summed E-state index contributed by atoms with van der Waals surface area (Å²) < 4.78 is 0. The Morgan fingerprint density at radius 1 is 0.968 bits per heavy atom. The number of rotatable bonds is 6. The van der Waals surface area contributed by atoms with Crippen molar-refractivity contribution < 1.29 is 9.59 Å². The smallest absolute Gasteiger partial charge is 0.313 e. The van der Waals surface area contributed by atoms with E-state index in [1.807, 2.05) is 47.0 Å². The number of anilines is 2. The Labute approximate surface area is 185 Å². The van der Waals surface area contributed by atoms with E-state index in [1.165, 1.54) is 0 Å². The van der Waals surface area contributed by atoms with Gasteiger partial charge in [-0.2, -0.15) is 0 Å². The minimum atomic E-state index is -0.627. The second-order valence-electron chi connectivity index (χ2n) is 8.68. The summed E-state index contributed by atoms with van der Waals surface area (Å²) in [6.45, 7) is 8.30. The van der Waals surface area contributed by atoms with Crippen LogP contribution in [-0.2, 0) is 9.59 Å². The Morgan fingerprint density at radius 3 is 2.10 bits per heavy atom. The van der Waals surface area contributed by atoms with Crippen molar-refractivity contribution in [1.29, 1.82) is 0 Å². The number of benzene rings is 2. The highest BCUT2D eigenvalue weighted by molar-refractivity contribution is 6.39. The maximum Gasteiger partial charge on any atom is 0.313 e. The Bertz CT molecular complexity index is 908. The van der Waals surface area contributed by atoms with Crippen LogP contribution >= 0.6 is 0 Å². The lowest BCUT2D eigenvalue weighted by molar-refractivity contribution is -0.136. The van der Waals surface area contributed by atoms with E-state index in [0.29, 0.717) is 12.2 Å². The molecule has 1 aliphatic rings. The molecule has 6 nitrogen and oxygen atoms in total. The summed E-state index contributed by atoms with van der Waals surface area (Å²) >= 11 is 0. The molecule has 0 bridgehead atoms. The SMILES string of the molecule is Cc1cc(C)c(NC(=O)C(=O)NC[C@@H](c2ccc(N(C)C)cc2)N2CCCC2)c(C)c1. The number of amides is 2. The van der Waals surface area contributed by atoms with Crippen LogP contribution in [0.1, 0.15) is 41.1 Å². The molecule has 0 unspecified atom stereocenters. The van der Waals surface area contributed by atoms with Gasteiger partial charge in [-0.25, -0.2) is 0 Å². The van der Waals surface area contributed by atoms with Crippen molar-refractivity contribution in [3.8, 4) is 0 Å². The molecule has 1 aliphatic heterocycles. The lowest BCUT2D eigenvalue weighted by Crippen LogP contribution is -2.41. The zero-order chi connectivity index (χ0) is 22.5. The lowest BCUT2D eigenvalue weighted by Gasteiger charge is -2.28. The lowest BCUT2D eigenvalue weighted by atomic mass is 10.0. The second kappa shape index (κ2) is 9.96. The van der Waals surface area contributed by atoms with E-state index in [4.69, 9.17) is 0 Å². The molecule has 0 radical (unpaired) electrons. The Balaban J connectivity index is 1.68. The van der Waals surface area contributed by atoms with E-state index < -0.39 is 11.8 Å². The molecule has 1 fully saturated rings. The maximum absolute atomic E-state index is 12.6. The largest absolute Gasteiger partial charge is 0.378 e.